The topological polar surface area (TPSA) is 123 Å². The van der Waals surface area contributed by atoms with E-state index in [1.165, 1.54) is 24.3 Å². The van der Waals surface area contributed by atoms with Crippen molar-refractivity contribution in [1.82, 2.24) is 14.9 Å². The first-order valence-corrected chi connectivity index (χ1v) is 12.1. The fraction of sp³-hybridized carbons (Fsp3) is 0.286. The van der Waals surface area contributed by atoms with Gasteiger partial charge in [-0.3, -0.25) is 4.79 Å². The molecule has 0 aliphatic carbocycles. The van der Waals surface area contributed by atoms with Crippen molar-refractivity contribution in [2.75, 3.05) is 12.4 Å². The number of hydrogen-bond donors (Lipinski definition) is 2. The molecular weight excluding hydrogens is 452 g/mol. The van der Waals surface area contributed by atoms with Crippen LogP contribution in [-0.2, 0) is 14.8 Å². The second-order valence-corrected chi connectivity index (χ2v) is 10.1. The number of para-hydroxylation sites is 1. The lowest BCUT2D eigenvalue weighted by Crippen LogP contribution is -2.30. The summed E-state index contributed by atoms with van der Waals surface area (Å²) in [4.78, 5) is 12.7. The zero-order valence-corrected chi connectivity index (χ0v) is 19.7. The number of carbonyl (C=O) groups excluding carboxylic acids is 1. The summed E-state index contributed by atoms with van der Waals surface area (Å²) < 4.78 is 37.9. The van der Waals surface area contributed by atoms with Gasteiger partial charge in [0.15, 0.2) is 0 Å². The van der Waals surface area contributed by atoms with Gasteiger partial charge in [-0.25, -0.2) is 13.1 Å². The average Bonchev–Trinajstić information content (AvgIpc) is 3.21. The molecule has 3 aromatic rings. The van der Waals surface area contributed by atoms with Crippen LogP contribution in [0, 0.1) is 0 Å². The highest BCUT2D eigenvalue weighted by molar-refractivity contribution is 8.00. The number of rotatable bonds is 9. The number of amides is 1. The molecule has 0 saturated carbocycles. The van der Waals surface area contributed by atoms with Gasteiger partial charge >= 0.3 is 0 Å². The lowest BCUT2D eigenvalue weighted by molar-refractivity contribution is -0.115. The number of ether oxygens (including phenoxy) is 1. The van der Waals surface area contributed by atoms with E-state index in [9.17, 15) is 13.2 Å². The lowest BCUT2D eigenvalue weighted by atomic mass is 10.2. The number of aromatic nitrogens is 2. The second kappa shape index (κ2) is 10.2. The smallest absolute Gasteiger partial charge is 0.277 e. The van der Waals surface area contributed by atoms with Crippen molar-refractivity contribution in [3.8, 4) is 17.2 Å². The van der Waals surface area contributed by atoms with Crippen LogP contribution >= 0.6 is 11.8 Å². The first kappa shape index (κ1) is 23.8. The Morgan fingerprint density at radius 2 is 1.75 bits per heavy atom. The maximum absolute atomic E-state index is 12.5. The van der Waals surface area contributed by atoms with Crippen LogP contribution in [-0.4, -0.2) is 42.9 Å². The summed E-state index contributed by atoms with van der Waals surface area (Å²) in [5, 5.41) is 10.5. The van der Waals surface area contributed by atoms with Gasteiger partial charge in [0, 0.05) is 11.7 Å². The third-order valence-electron chi connectivity index (χ3n) is 4.21. The van der Waals surface area contributed by atoms with E-state index in [2.05, 4.69) is 20.2 Å². The van der Waals surface area contributed by atoms with E-state index in [-0.39, 0.29) is 22.1 Å². The molecule has 2 N–H and O–H groups in total. The van der Waals surface area contributed by atoms with Crippen molar-refractivity contribution in [2.24, 2.45) is 0 Å². The summed E-state index contributed by atoms with van der Waals surface area (Å²) in [5.74, 6) is 0.611. The standard InChI is InChI=1S/C21H24N4O5S2/c1-13(2)25-32(27,28)16-11-9-15(10-12-16)22-19(26)14(3)31-21-24-23-20(30-21)17-7-5-6-8-18(17)29-4/h5-14,25H,1-4H3,(H,22,26). The fourth-order valence-electron chi connectivity index (χ4n) is 2.73. The number of sulfonamides is 1. The van der Waals surface area contributed by atoms with Crippen molar-refractivity contribution in [2.45, 2.75) is 42.2 Å². The number of carbonyl (C=O) groups is 1. The molecule has 32 heavy (non-hydrogen) atoms. The molecule has 1 amide bonds. The Balaban J connectivity index is 1.63. The Morgan fingerprint density at radius 3 is 2.41 bits per heavy atom. The summed E-state index contributed by atoms with van der Waals surface area (Å²) in [6.07, 6.45) is 0. The van der Waals surface area contributed by atoms with E-state index < -0.39 is 15.3 Å². The molecule has 1 atom stereocenters. The Bertz CT molecular complexity index is 1180. The Morgan fingerprint density at radius 1 is 1.06 bits per heavy atom. The van der Waals surface area contributed by atoms with Crippen molar-refractivity contribution in [3.05, 3.63) is 48.5 Å². The molecule has 0 radical (unpaired) electrons. The van der Waals surface area contributed by atoms with Gasteiger partial charge in [0.05, 0.1) is 22.8 Å². The number of benzene rings is 2. The molecule has 1 aromatic heterocycles. The molecule has 0 aliphatic rings. The van der Waals surface area contributed by atoms with Crippen LogP contribution in [0.5, 0.6) is 5.75 Å². The van der Waals surface area contributed by atoms with E-state index in [1.807, 2.05) is 12.1 Å². The fourth-order valence-corrected chi connectivity index (χ4v) is 4.67. The van der Waals surface area contributed by atoms with Crippen molar-refractivity contribution in [3.63, 3.8) is 0 Å². The number of methoxy groups -OCH3 is 1. The monoisotopic (exact) mass is 476 g/mol. The molecular formula is C21H24N4O5S2. The zero-order chi connectivity index (χ0) is 23.3. The van der Waals surface area contributed by atoms with Crippen LogP contribution in [0.15, 0.2) is 63.1 Å². The molecule has 0 fully saturated rings. The minimum absolute atomic E-state index is 0.126. The third-order valence-corrected chi connectivity index (χ3v) is 6.82. The minimum atomic E-state index is -3.59. The van der Waals surface area contributed by atoms with Gasteiger partial charge in [0.25, 0.3) is 11.1 Å². The number of thioether (sulfide) groups is 1. The summed E-state index contributed by atoms with van der Waals surface area (Å²) in [6, 6.07) is 13.0. The number of nitrogens with one attached hydrogen (secondary N) is 2. The van der Waals surface area contributed by atoms with Gasteiger partial charge in [-0.05, 0) is 57.2 Å². The Labute approximate surface area is 191 Å². The van der Waals surface area contributed by atoms with Crippen molar-refractivity contribution < 1.29 is 22.4 Å². The van der Waals surface area contributed by atoms with Gasteiger partial charge in [-0.2, -0.15) is 0 Å². The van der Waals surface area contributed by atoms with Crippen LogP contribution < -0.4 is 14.8 Å². The molecule has 170 valence electrons. The van der Waals surface area contributed by atoms with Crippen LogP contribution in [0.4, 0.5) is 5.69 Å². The van der Waals surface area contributed by atoms with Crippen LogP contribution in [0.2, 0.25) is 0 Å². The molecule has 0 spiro atoms. The number of anilines is 1. The maximum Gasteiger partial charge on any atom is 0.277 e. The van der Waals surface area contributed by atoms with Gasteiger partial charge in [0.2, 0.25) is 15.9 Å². The average molecular weight is 477 g/mol. The molecule has 1 heterocycles. The highest BCUT2D eigenvalue weighted by Gasteiger charge is 2.21. The van der Waals surface area contributed by atoms with Crippen LogP contribution in [0.25, 0.3) is 11.5 Å². The van der Waals surface area contributed by atoms with E-state index in [4.69, 9.17) is 9.15 Å². The summed E-state index contributed by atoms with van der Waals surface area (Å²) in [5.41, 5.74) is 1.14. The Hall–Kier alpha value is -2.89. The normalized spacial score (nSPS) is 12.5. The predicted molar refractivity (Wildman–Crippen MR) is 122 cm³/mol. The van der Waals surface area contributed by atoms with Crippen molar-refractivity contribution >= 4 is 33.4 Å². The minimum Gasteiger partial charge on any atom is -0.496 e. The van der Waals surface area contributed by atoms with E-state index >= 15 is 0 Å². The molecule has 11 heteroatoms. The molecule has 0 bridgehead atoms. The van der Waals surface area contributed by atoms with Gasteiger partial charge in [-0.1, -0.05) is 23.9 Å². The SMILES string of the molecule is COc1ccccc1-c1nnc(SC(C)C(=O)Nc2ccc(S(=O)(=O)NC(C)C)cc2)o1. The van der Waals surface area contributed by atoms with E-state index in [1.54, 1.807) is 40.0 Å². The highest BCUT2D eigenvalue weighted by atomic mass is 32.2. The van der Waals surface area contributed by atoms with E-state index in [0.717, 1.165) is 11.8 Å². The molecule has 3 rings (SSSR count). The quantitative estimate of drug-likeness (QED) is 0.450. The zero-order valence-electron chi connectivity index (χ0n) is 18.0. The third kappa shape index (κ3) is 5.87. The second-order valence-electron chi connectivity index (χ2n) is 7.12. The number of nitrogens with zero attached hydrogens (tertiary/aromatic N) is 2. The molecule has 9 nitrogen and oxygen atoms in total. The van der Waals surface area contributed by atoms with Crippen LogP contribution in [0.3, 0.4) is 0 Å². The van der Waals surface area contributed by atoms with E-state index in [0.29, 0.717) is 22.9 Å². The summed E-state index contributed by atoms with van der Waals surface area (Å²) in [6.45, 7) is 5.19. The van der Waals surface area contributed by atoms with Gasteiger partial charge in [-0.15, -0.1) is 10.2 Å². The highest BCUT2D eigenvalue weighted by Crippen LogP contribution is 2.31. The predicted octanol–water partition coefficient (Wildman–Crippen LogP) is 3.55. The largest absolute Gasteiger partial charge is 0.496 e. The maximum atomic E-state index is 12.5. The molecule has 0 saturated heterocycles. The molecule has 0 aliphatic heterocycles. The van der Waals surface area contributed by atoms with Crippen molar-refractivity contribution in [1.29, 1.82) is 0 Å². The van der Waals surface area contributed by atoms with Gasteiger partial charge < -0.3 is 14.5 Å². The van der Waals surface area contributed by atoms with Crippen LogP contribution in [0.1, 0.15) is 20.8 Å². The number of hydrogen-bond acceptors (Lipinski definition) is 8. The lowest BCUT2D eigenvalue weighted by Gasteiger charge is -2.12. The Kier molecular flexibility index (Phi) is 7.54. The first-order valence-electron chi connectivity index (χ1n) is 9.76. The first-order chi connectivity index (χ1) is 15.2. The van der Waals surface area contributed by atoms with Gasteiger partial charge in [0.1, 0.15) is 5.75 Å². The summed E-state index contributed by atoms with van der Waals surface area (Å²) in [7, 11) is -2.04. The summed E-state index contributed by atoms with van der Waals surface area (Å²) >= 11 is 1.12. The molecule has 2 aromatic carbocycles. The molecule has 1 unspecified atom stereocenters.